The number of aromatic nitrogens is 1. The molecule has 0 aromatic carbocycles. The van der Waals surface area contributed by atoms with Gasteiger partial charge in [-0.05, 0) is 18.9 Å². The molecule has 0 aliphatic carbocycles. The Morgan fingerprint density at radius 1 is 1.47 bits per heavy atom. The van der Waals surface area contributed by atoms with Gasteiger partial charge in [-0.15, -0.1) is 0 Å². The summed E-state index contributed by atoms with van der Waals surface area (Å²) < 4.78 is 5.98. The van der Waals surface area contributed by atoms with E-state index in [0.717, 1.165) is 10.3 Å². The van der Waals surface area contributed by atoms with Gasteiger partial charge in [0, 0.05) is 24.8 Å². The quantitative estimate of drug-likeness (QED) is 0.504. The maximum atomic E-state index is 11.2. The summed E-state index contributed by atoms with van der Waals surface area (Å²) in [7, 11) is 0. The number of ether oxygens (including phenoxy) is 1. The summed E-state index contributed by atoms with van der Waals surface area (Å²) in [6.45, 7) is 1.17. The summed E-state index contributed by atoms with van der Waals surface area (Å²) in [5, 5.41) is 20.4. The Balaban J connectivity index is 2.37. The Morgan fingerprint density at radius 3 is 2.80 bits per heavy atom. The largest absolute Gasteiger partial charge is 0.619 e. The van der Waals surface area contributed by atoms with Crippen LogP contribution in [0.5, 0.6) is 0 Å². The van der Waals surface area contributed by atoms with Crippen molar-refractivity contribution in [3.05, 3.63) is 35.3 Å². The van der Waals surface area contributed by atoms with Crippen molar-refractivity contribution in [1.82, 2.24) is 0 Å². The third-order valence-corrected chi connectivity index (χ3v) is 2.89. The highest BCUT2D eigenvalue weighted by Crippen LogP contribution is 2.33. The van der Waals surface area contributed by atoms with Crippen molar-refractivity contribution >= 4 is 0 Å². The van der Waals surface area contributed by atoms with E-state index in [9.17, 15) is 10.5 Å². The minimum absolute atomic E-state index is 0.536. The van der Waals surface area contributed by atoms with Gasteiger partial charge in [0.1, 0.15) is 0 Å². The Morgan fingerprint density at radius 2 is 2.20 bits per heavy atom. The number of pyridine rings is 1. The van der Waals surface area contributed by atoms with Crippen LogP contribution in [0.1, 0.15) is 18.4 Å². The lowest BCUT2D eigenvalue weighted by Gasteiger charge is -2.29. The van der Waals surface area contributed by atoms with Crippen LogP contribution in [0.2, 0.25) is 0 Å². The van der Waals surface area contributed by atoms with E-state index < -0.39 is 5.41 Å². The number of nitriles is 1. The molecule has 0 atom stereocenters. The molecule has 1 saturated heterocycles. The van der Waals surface area contributed by atoms with E-state index >= 15 is 0 Å². The molecule has 0 spiro atoms. The third kappa shape index (κ3) is 1.79. The Labute approximate surface area is 88.3 Å². The van der Waals surface area contributed by atoms with Crippen LogP contribution in [0.25, 0.3) is 0 Å². The second-order valence-corrected chi connectivity index (χ2v) is 3.76. The summed E-state index contributed by atoms with van der Waals surface area (Å²) in [4.78, 5) is 0. The monoisotopic (exact) mass is 204 g/mol. The summed E-state index contributed by atoms with van der Waals surface area (Å²) in [5.74, 6) is 0. The lowest BCUT2D eigenvalue weighted by Crippen LogP contribution is -2.35. The van der Waals surface area contributed by atoms with Gasteiger partial charge >= 0.3 is 0 Å². The van der Waals surface area contributed by atoms with Crippen LogP contribution in [0, 0.1) is 16.5 Å². The lowest BCUT2D eigenvalue weighted by molar-refractivity contribution is -0.606. The van der Waals surface area contributed by atoms with Crippen molar-refractivity contribution in [2.45, 2.75) is 18.3 Å². The molecule has 0 bridgehead atoms. The van der Waals surface area contributed by atoms with E-state index in [0.29, 0.717) is 26.1 Å². The fourth-order valence-corrected chi connectivity index (χ4v) is 1.92. The molecule has 1 aromatic heterocycles. The van der Waals surface area contributed by atoms with E-state index in [-0.39, 0.29) is 0 Å². The number of nitrogens with zero attached hydrogens (tertiary/aromatic N) is 2. The highest BCUT2D eigenvalue weighted by Gasteiger charge is 2.36. The highest BCUT2D eigenvalue weighted by molar-refractivity contribution is 5.29. The fourth-order valence-electron chi connectivity index (χ4n) is 1.92. The van der Waals surface area contributed by atoms with Gasteiger partial charge < -0.3 is 9.94 Å². The second-order valence-electron chi connectivity index (χ2n) is 3.76. The van der Waals surface area contributed by atoms with E-state index in [1.165, 1.54) is 12.4 Å². The zero-order valence-electron chi connectivity index (χ0n) is 8.35. The minimum atomic E-state index is -0.536. The Hall–Kier alpha value is -1.60. The first kappa shape index (κ1) is 9.94. The Bertz CT molecular complexity index is 392. The first-order chi connectivity index (χ1) is 7.27. The van der Waals surface area contributed by atoms with Crippen molar-refractivity contribution in [2.24, 2.45) is 0 Å². The molecule has 4 nitrogen and oxygen atoms in total. The topological polar surface area (TPSA) is 60.0 Å². The third-order valence-electron chi connectivity index (χ3n) is 2.89. The van der Waals surface area contributed by atoms with Crippen LogP contribution in [0.15, 0.2) is 24.5 Å². The van der Waals surface area contributed by atoms with Gasteiger partial charge in [0.25, 0.3) is 0 Å². The summed E-state index contributed by atoms with van der Waals surface area (Å²) in [5.41, 5.74) is 0.261. The highest BCUT2D eigenvalue weighted by atomic mass is 16.5. The van der Waals surface area contributed by atoms with E-state index in [1.54, 1.807) is 6.07 Å². The van der Waals surface area contributed by atoms with E-state index in [2.05, 4.69) is 6.07 Å². The van der Waals surface area contributed by atoms with Gasteiger partial charge in [-0.1, -0.05) is 0 Å². The van der Waals surface area contributed by atoms with Crippen LogP contribution in [0.3, 0.4) is 0 Å². The fraction of sp³-hybridized carbons (Fsp3) is 0.455. The molecule has 1 aromatic rings. The number of hydrogen-bond acceptors (Lipinski definition) is 3. The van der Waals surface area contributed by atoms with Crippen LogP contribution in [0.4, 0.5) is 0 Å². The molecule has 0 saturated carbocycles. The zero-order chi connectivity index (χ0) is 10.7. The van der Waals surface area contributed by atoms with Gasteiger partial charge in [0.2, 0.25) is 0 Å². The molecule has 2 heterocycles. The maximum Gasteiger partial charge on any atom is 0.185 e. The normalized spacial score (nSPS) is 19.4. The van der Waals surface area contributed by atoms with E-state index in [1.807, 2.05) is 6.07 Å². The molecular formula is C11H12N2O2. The van der Waals surface area contributed by atoms with Crippen molar-refractivity contribution in [3.63, 3.8) is 0 Å². The average molecular weight is 204 g/mol. The van der Waals surface area contributed by atoms with Gasteiger partial charge in [0.15, 0.2) is 12.4 Å². The summed E-state index contributed by atoms with van der Waals surface area (Å²) in [6, 6.07) is 5.84. The van der Waals surface area contributed by atoms with Gasteiger partial charge in [-0.3, -0.25) is 0 Å². The van der Waals surface area contributed by atoms with Gasteiger partial charge in [-0.25, -0.2) is 0 Å². The van der Waals surface area contributed by atoms with Crippen molar-refractivity contribution in [3.8, 4) is 6.07 Å². The lowest BCUT2D eigenvalue weighted by atomic mass is 9.76. The molecule has 4 heteroatoms. The molecular weight excluding hydrogens is 192 g/mol. The summed E-state index contributed by atoms with van der Waals surface area (Å²) in [6.07, 6.45) is 4.23. The molecule has 78 valence electrons. The van der Waals surface area contributed by atoms with Crippen molar-refractivity contribution < 1.29 is 9.47 Å². The van der Waals surface area contributed by atoms with Crippen LogP contribution in [-0.4, -0.2) is 13.2 Å². The SMILES string of the molecule is N#CC1(c2ccc[n+]([O-])c2)CCOCC1. The summed E-state index contributed by atoms with van der Waals surface area (Å²) >= 11 is 0. The molecule has 1 aliphatic heterocycles. The molecule has 0 radical (unpaired) electrons. The van der Waals surface area contributed by atoms with Gasteiger partial charge in [0.05, 0.1) is 11.5 Å². The molecule has 15 heavy (non-hydrogen) atoms. The molecule has 1 fully saturated rings. The Kier molecular flexibility index (Phi) is 2.57. The van der Waals surface area contributed by atoms with Crippen LogP contribution in [-0.2, 0) is 10.2 Å². The average Bonchev–Trinajstić information content (AvgIpc) is 2.30. The first-order valence-corrected chi connectivity index (χ1v) is 4.95. The van der Waals surface area contributed by atoms with Crippen LogP contribution < -0.4 is 4.73 Å². The second kappa shape index (κ2) is 3.87. The van der Waals surface area contributed by atoms with Crippen LogP contribution >= 0.6 is 0 Å². The molecule has 0 amide bonds. The standard InChI is InChI=1S/C11H12N2O2/c12-9-11(3-6-15-7-4-11)10-2-1-5-13(14)8-10/h1-2,5,8H,3-4,6-7H2. The molecule has 2 rings (SSSR count). The van der Waals surface area contributed by atoms with Crippen molar-refractivity contribution in [1.29, 1.82) is 5.26 Å². The smallest absolute Gasteiger partial charge is 0.185 e. The molecule has 0 unspecified atom stereocenters. The number of rotatable bonds is 1. The predicted octanol–water partition coefficient (Wildman–Crippen LogP) is 0.892. The minimum Gasteiger partial charge on any atom is -0.619 e. The predicted molar refractivity (Wildman–Crippen MR) is 52.7 cm³/mol. The zero-order valence-corrected chi connectivity index (χ0v) is 8.35. The molecule has 1 aliphatic rings. The number of hydrogen-bond donors (Lipinski definition) is 0. The first-order valence-electron chi connectivity index (χ1n) is 4.95. The maximum absolute atomic E-state index is 11.2. The van der Waals surface area contributed by atoms with Crippen molar-refractivity contribution in [2.75, 3.05) is 13.2 Å². The van der Waals surface area contributed by atoms with E-state index in [4.69, 9.17) is 4.74 Å². The molecule has 0 N–H and O–H groups in total. The van der Waals surface area contributed by atoms with Gasteiger partial charge in [-0.2, -0.15) is 9.99 Å².